The molecule has 6 nitrogen and oxygen atoms in total. The van der Waals surface area contributed by atoms with Crippen molar-refractivity contribution in [3.8, 4) is 17.1 Å². The average molecular weight is 433 g/mol. The zero-order valence-electron chi connectivity index (χ0n) is 15.2. The number of hydrogen-bond acceptors (Lipinski definition) is 5. The third-order valence-electron chi connectivity index (χ3n) is 4.34. The molecule has 0 fully saturated rings. The quantitative estimate of drug-likeness (QED) is 0.393. The van der Waals surface area contributed by atoms with Crippen molar-refractivity contribution in [1.29, 1.82) is 0 Å². The topological polar surface area (TPSA) is 61.4 Å². The van der Waals surface area contributed by atoms with Crippen LogP contribution >= 0.6 is 23.4 Å². The summed E-state index contributed by atoms with van der Waals surface area (Å²) in [6.07, 6.45) is 5.96. The SMILES string of the molecule is Cc1c(Cl)cccc1-n1c(SCc2nccn2C(F)F)nnc1-c1ccncc1. The molecule has 0 radical (unpaired) electrons. The van der Waals surface area contributed by atoms with Crippen LogP contribution in [0.15, 0.2) is 60.3 Å². The number of imidazole rings is 1. The van der Waals surface area contributed by atoms with Gasteiger partial charge in [0.25, 0.3) is 0 Å². The standard InChI is InChI=1S/C19H15ClF2N6S/c1-12-14(20)3-2-4-15(12)28-17(13-5-7-23-8-6-13)25-26-19(28)29-11-16-24-9-10-27(16)18(21)22/h2-10,18H,11H2,1H3. The van der Waals surface area contributed by atoms with E-state index in [1.165, 1.54) is 24.2 Å². The van der Waals surface area contributed by atoms with Crippen LogP contribution in [0, 0.1) is 6.92 Å². The van der Waals surface area contributed by atoms with Crippen LogP contribution in [0.1, 0.15) is 17.9 Å². The van der Waals surface area contributed by atoms with Crippen LogP contribution in [0.4, 0.5) is 8.78 Å². The number of benzene rings is 1. The lowest BCUT2D eigenvalue weighted by molar-refractivity contribution is 0.0678. The lowest BCUT2D eigenvalue weighted by atomic mass is 10.2. The molecule has 148 valence electrons. The first-order valence-electron chi connectivity index (χ1n) is 8.60. The maximum absolute atomic E-state index is 13.1. The normalized spacial score (nSPS) is 11.3. The van der Waals surface area contributed by atoms with E-state index in [-0.39, 0.29) is 11.6 Å². The van der Waals surface area contributed by atoms with Crippen LogP contribution in [0.2, 0.25) is 5.02 Å². The van der Waals surface area contributed by atoms with Crippen LogP contribution < -0.4 is 0 Å². The summed E-state index contributed by atoms with van der Waals surface area (Å²) in [5, 5.41) is 9.80. The molecule has 3 heterocycles. The van der Waals surface area contributed by atoms with Gasteiger partial charge in [0.15, 0.2) is 11.0 Å². The number of nitrogens with zero attached hydrogens (tertiary/aromatic N) is 6. The molecule has 3 aromatic heterocycles. The fourth-order valence-electron chi connectivity index (χ4n) is 2.87. The molecule has 0 spiro atoms. The van der Waals surface area contributed by atoms with Gasteiger partial charge in [-0.3, -0.25) is 14.1 Å². The minimum Gasteiger partial charge on any atom is -0.277 e. The fraction of sp³-hybridized carbons (Fsp3) is 0.158. The summed E-state index contributed by atoms with van der Waals surface area (Å²) in [5.41, 5.74) is 2.50. The number of hydrogen-bond donors (Lipinski definition) is 0. The van der Waals surface area contributed by atoms with E-state index >= 15 is 0 Å². The molecule has 1 aromatic carbocycles. The molecule has 0 saturated carbocycles. The van der Waals surface area contributed by atoms with Crippen molar-refractivity contribution in [2.45, 2.75) is 24.4 Å². The van der Waals surface area contributed by atoms with Gasteiger partial charge in [-0.1, -0.05) is 29.4 Å². The van der Waals surface area contributed by atoms with Gasteiger partial charge in [0.05, 0.1) is 11.4 Å². The molecular formula is C19H15ClF2N6S. The van der Waals surface area contributed by atoms with E-state index in [2.05, 4.69) is 20.2 Å². The summed E-state index contributed by atoms with van der Waals surface area (Å²) in [7, 11) is 0. The predicted octanol–water partition coefficient (Wildman–Crippen LogP) is 5.18. The maximum Gasteiger partial charge on any atom is 0.319 e. The van der Waals surface area contributed by atoms with Gasteiger partial charge in [-0.2, -0.15) is 8.78 Å². The Kier molecular flexibility index (Phi) is 5.59. The Morgan fingerprint density at radius 1 is 1.10 bits per heavy atom. The van der Waals surface area contributed by atoms with Crippen molar-refractivity contribution >= 4 is 23.4 Å². The number of aromatic nitrogens is 6. The van der Waals surface area contributed by atoms with Gasteiger partial charge in [0, 0.05) is 35.4 Å². The smallest absolute Gasteiger partial charge is 0.277 e. The van der Waals surface area contributed by atoms with E-state index in [1.54, 1.807) is 12.4 Å². The maximum atomic E-state index is 13.1. The zero-order valence-corrected chi connectivity index (χ0v) is 16.8. The van der Waals surface area contributed by atoms with Crippen molar-refractivity contribution < 1.29 is 8.78 Å². The van der Waals surface area contributed by atoms with Crippen molar-refractivity contribution in [2.24, 2.45) is 0 Å². The number of rotatable bonds is 6. The summed E-state index contributed by atoms with van der Waals surface area (Å²) in [4.78, 5) is 8.07. The minimum atomic E-state index is -2.64. The number of halogens is 3. The lowest BCUT2D eigenvalue weighted by Gasteiger charge is -2.14. The minimum absolute atomic E-state index is 0.214. The highest BCUT2D eigenvalue weighted by Gasteiger charge is 2.20. The molecule has 0 bridgehead atoms. The Balaban J connectivity index is 1.77. The second-order valence-electron chi connectivity index (χ2n) is 6.08. The number of thioether (sulfide) groups is 1. The monoisotopic (exact) mass is 432 g/mol. The van der Waals surface area contributed by atoms with Crippen LogP contribution in [0.3, 0.4) is 0 Å². The van der Waals surface area contributed by atoms with Crippen molar-refractivity contribution in [3.63, 3.8) is 0 Å². The van der Waals surface area contributed by atoms with Crippen LogP contribution in [-0.4, -0.2) is 29.3 Å². The van der Waals surface area contributed by atoms with Gasteiger partial charge < -0.3 is 0 Å². The predicted molar refractivity (Wildman–Crippen MR) is 107 cm³/mol. The van der Waals surface area contributed by atoms with Crippen molar-refractivity contribution in [2.75, 3.05) is 0 Å². The van der Waals surface area contributed by atoms with Gasteiger partial charge >= 0.3 is 6.55 Å². The molecule has 0 N–H and O–H groups in total. The van der Waals surface area contributed by atoms with E-state index in [0.29, 0.717) is 16.0 Å². The molecule has 0 atom stereocenters. The van der Waals surface area contributed by atoms with Crippen molar-refractivity contribution in [3.05, 3.63) is 71.5 Å². The first kappa shape index (κ1) is 19.5. The van der Waals surface area contributed by atoms with Crippen molar-refractivity contribution in [1.82, 2.24) is 29.3 Å². The first-order chi connectivity index (χ1) is 14.1. The van der Waals surface area contributed by atoms with Gasteiger partial charge in [0.1, 0.15) is 5.82 Å². The Bertz CT molecular complexity index is 1130. The van der Waals surface area contributed by atoms with E-state index in [9.17, 15) is 8.78 Å². The summed E-state index contributed by atoms with van der Waals surface area (Å²) in [5.74, 6) is 1.08. The molecule has 0 saturated heterocycles. The Morgan fingerprint density at radius 3 is 2.66 bits per heavy atom. The van der Waals surface area contributed by atoms with Gasteiger partial charge in [-0.05, 0) is 36.8 Å². The molecule has 0 aliphatic carbocycles. The third kappa shape index (κ3) is 3.88. The van der Waals surface area contributed by atoms with E-state index in [1.807, 2.05) is 41.8 Å². The van der Waals surface area contributed by atoms with E-state index in [4.69, 9.17) is 11.6 Å². The molecular weight excluding hydrogens is 418 g/mol. The fourth-order valence-corrected chi connectivity index (χ4v) is 3.93. The Hall–Kier alpha value is -2.78. The highest BCUT2D eigenvalue weighted by atomic mass is 35.5. The molecule has 10 heteroatoms. The van der Waals surface area contributed by atoms with Gasteiger partial charge in [0.2, 0.25) is 0 Å². The summed E-state index contributed by atoms with van der Waals surface area (Å²) < 4.78 is 28.9. The second-order valence-corrected chi connectivity index (χ2v) is 7.43. The third-order valence-corrected chi connectivity index (χ3v) is 5.68. The summed E-state index contributed by atoms with van der Waals surface area (Å²) >= 11 is 7.60. The highest BCUT2D eigenvalue weighted by Crippen LogP contribution is 2.32. The highest BCUT2D eigenvalue weighted by molar-refractivity contribution is 7.98. The summed E-state index contributed by atoms with van der Waals surface area (Å²) in [6.45, 7) is -0.736. The van der Waals surface area contributed by atoms with E-state index in [0.717, 1.165) is 21.4 Å². The molecule has 29 heavy (non-hydrogen) atoms. The lowest BCUT2D eigenvalue weighted by Crippen LogP contribution is -2.04. The first-order valence-corrected chi connectivity index (χ1v) is 9.96. The molecule has 0 aliphatic rings. The van der Waals surface area contributed by atoms with Crippen LogP contribution in [-0.2, 0) is 5.75 Å². The largest absolute Gasteiger partial charge is 0.319 e. The van der Waals surface area contributed by atoms with Gasteiger partial charge in [-0.15, -0.1) is 10.2 Å². The Morgan fingerprint density at radius 2 is 1.90 bits per heavy atom. The van der Waals surface area contributed by atoms with Crippen LogP contribution in [0.5, 0.6) is 0 Å². The van der Waals surface area contributed by atoms with Crippen LogP contribution in [0.25, 0.3) is 17.1 Å². The molecule has 4 aromatic rings. The number of pyridine rings is 1. The molecule has 0 unspecified atom stereocenters. The summed E-state index contributed by atoms with van der Waals surface area (Å²) in [6, 6.07) is 9.23. The molecule has 0 amide bonds. The molecule has 0 aliphatic heterocycles. The zero-order chi connectivity index (χ0) is 20.4. The van der Waals surface area contributed by atoms with Gasteiger partial charge in [-0.25, -0.2) is 4.98 Å². The van der Waals surface area contributed by atoms with E-state index < -0.39 is 6.55 Å². The Labute approximate surface area is 174 Å². The average Bonchev–Trinajstić information content (AvgIpc) is 3.36. The second kappa shape index (κ2) is 8.30. The molecule has 4 rings (SSSR count). The number of alkyl halides is 2.